The molecule has 0 fully saturated rings. The fourth-order valence-corrected chi connectivity index (χ4v) is 7.76. The molecule has 0 amide bonds. The minimum absolute atomic E-state index is 0.315. The van der Waals surface area contributed by atoms with Crippen LogP contribution in [0.25, 0.3) is 0 Å². The third-order valence-electron chi connectivity index (χ3n) is 4.81. The van der Waals surface area contributed by atoms with E-state index in [0.717, 1.165) is 4.90 Å². The lowest BCUT2D eigenvalue weighted by atomic mass is 10.1. The number of nitrogens with zero attached hydrogens (tertiary/aromatic N) is 3. The van der Waals surface area contributed by atoms with Crippen molar-refractivity contribution in [2.45, 2.75) is 12.6 Å². The van der Waals surface area contributed by atoms with Gasteiger partial charge >= 0.3 is 38.0 Å². The first-order valence-electron chi connectivity index (χ1n) is 10.6. The van der Waals surface area contributed by atoms with Crippen molar-refractivity contribution in [2.24, 2.45) is 0 Å². The molecule has 0 aliphatic heterocycles. The second kappa shape index (κ2) is 14.2. The molecule has 1 atom stereocenters. The molecule has 39 heavy (non-hydrogen) atoms. The molecule has 0 heterocycles. The Morgan fingerprint density at radius 3 is 1.28 bits per heavy atom. The first-order chi connectivity index (χ1) is 17.3. The normalized spacial score (nSPS) is 14.9. The molecule has 1 unspecified atom stereocenters. The Hall–Kier alpha value is -0.350. The van der Waals surface area contributed by atoms with Crippen LogP contribution in [0.4, 0.5) is 5.69 Å². The molecule has 0 bridgehead atoms. The van der Waals surface area contributed by atoms with Crippen molar-refractivity contribution in [1.29, 1.82) is 0 Å². The van der Waals surface area contributed by atoms with E-state index in [0.29, 0.717) is 21.1 Å². The van der Waals surface area contributed by atoms with Crippen molar-refractivity contribution in [3.63, 3.8) is 0 Å². The molecule has 12 N–H and O–H groups in total. The molecule has 24 heteroatoms. The minimum Gasteiger partial charge on any atom is -0.399 e. The topological polar surface area (TPSA) is 323 Å². The van der Waals surface area contributed by atoms with Gasteiger partial charge < -0.3 is 54.7 Å². The van der Waals surface area contributed by atoms with Crippen molar-refractivity contribution in [1.82, 2.24) is 14.7 Å². The van der Waals surface area contributed by atoms with Gasteiger partial charge in [0.1, 0.15) is 31.4 Å². The Balaban J connectivity index is 3.59. The van der Waals surface area contributed by atoms with E-state index in [1.165, 1.54) is 24.3 Å². The standard InChI is InChI=1S/C15H33N4O15P5/c16-14-3-1-13(2-4-14)7-15(19(11-38(29,30)31)12-39(32,33)34)18(10-37(26,27)28)6-5-17(8-35(20,21)22)9-36(23,24)25/h1-4,15H,5-12,16H2,(H2,20,21,22)(H2,23,24,25)(H2,26,27,28)(H2,29,30,31)(H2,32,33,34). The zero-order valence-corrected chi connectivity index (χ0v) is 24.7. The van der Waals surface area contributed by atoms with Crippen LogP contribution in [0.15, 0.2) is 24.3 Å². The second-order valence-corrected chi connectivity index (χ2v) is 16.8. The van der Waals surface area contributed by atoms with Gasteiger partial charge in [0.15, 0.2) is 0 Å². The van der Waals surface area contributed by atoms with E-state index in [1.807, 2.05) is 0 Å². The van der Waals surface area contributed by atoms with Crippen molar-refractivity contribution >= 4 is 43.7 Å². The van der Waals surface area contributed by atoms with Crippen LogP contribution in [0.5, 0.6) is 0 Å². The maximum Gasteiger partial charge on any atom is 0.339 e. The number of hydrogen-bond donors (Lipinski definition) is 11. The highest BCUT2D eigenvalue weighted by Crippen LogP contribution is 2.44. The Morgan fingerprint density at radius 2 is 0.923 bits per heavy atom. The summed E-state index contributed by atoms with van der Waals surface area (Å²) in [5.74, 6) is 0. The highest BCUT2D eigenvalue weighted by molar-refractivity contribution is 7.53. The molecule has 0 saturated heterocycles. The molecule has 1 rings (SSSR count). The van der Waals surface area contributed by atoms with Gasteiger partial charge in [0, 0.05) is 25.2 Å². The molecule has 0 aromatic heterocycles. The summed E-state index contributed by atoms with van der Waals surface area (Å²) in [5, 5.41) is 0. The Labute approximate surface area is 223 Å². The lowest BCUT2D eigenvalue weighted by Gasteiger charge is -2.40. The monoisotopic (exact) mass is 664 g/mol. The van der Waals surface area contributed by atoms with Gasteiger partial charge in [-0.15, -0.1) is 0 Å². The minimum atomic E-state index is -5.03. The average Bonchev–Trinajstić information content (AvgIpc) is 2.64. The fourth-order valence-electron chi connectivity index (χ4n) is 3.59. The van der Waals surface area contributed by atoms with Gasteiger partial charge in [-0.25, -0.2) is 0 Å². The molecule has 0 radical (unpaired) electrons. The summed E-state index contributed by atoms with van der Waals surface area (Å²) in [5.41, 5.74) is 6.32. The molecule has 0 saturated carbocycles. The van der Waals surface area contributed by atoms with Crippen LogP contribution < -0.4 is 5.73 Å². The van der Waals surface area contributed by atoms with Crippen molar-refractivity contribution in [3.8, 4) is 0 Å². The molecule has 19 nitrogen and oxygen atoms in total. The van der Waals surface area contributed by atoms with E-state index in [-0.39, 0.29) is 6.42 Å². The predicted molar refractivity (Wildman–Crippen MR) is 138 cm³/mol. The maximum atomic E-state index is 12.0. The van der Waals surface area contributed by atoms with Crippen LogP contribution in [0.2, 0.25) is 0 Å². The number of nitrogens with two attached hydrogens (primary N) is 1. The summed E-state index contributed by atoms with van der Waals surface area (Å²) < 4.78 is 58.7. The van der Waals surface area contributed by atoms with Crippen molar-refractivity contribution in [3.05, 3.63) is 29.8 Å². The summed E-state index contributed by atoms with van der Waals surface area (Å²) in [6, 6.07) is 5.74. The van der Waals surface area contributed by atoms with Gasteiger partial charge in [-0.05, 0) is 17.7 Å². The zero-order valence-electron chi connectivity index (χ0n) is 20.2. The van der Waals surface area contributed by atoms with E-state index >= 15 is 0 Å². The predicted octanol–water partition coefficient (Wildman–Crippen LogP) is -1.28. The van der Waals surface area contributed by atoms with Crippen LogP contribution in [-0.2, 0) is 29.2 Å². The summed E-state index contributed by atoms with van der Waals surface area (Å²) in [7, 11) is -24.8. The fraction of sp³-hybridized carbons (Fsp3) is 0.600. The summed E-state index contributed by atoms with van der Waals surface area (Å²) in [6.45, 7) is -1.25. The Bertz CT molecular complexity index is 1120. The molecule has 1 aromatic carbocycles. The molecular weight excluding hydrogens is 631 g/mol. The lowest BCUT2D eigenvalue weighted by molar-refractivity contribution is 0.0622. The van der Waals surface area contributed by atoms with Gasteiger partial charge in [0.2, 0.25) is 0 Å². The third-order valence-corrected chi connectivity index (χ3v) is 8.54. The molecule has 1 aromatic rings. The highest BCUT2D eigenvalue weighted by Gasteiger charge is 2.37. The first-order valence-corrected chi connectivity index (χ1v) is 19.6. The van der Waals surface area contributed by atoms with Gasteiger partial charge in [0.05, 0.1) is 6.17 Å². The summed E-state index contributed by atoms with van der Waals surface area (Å²) in [6.07, 6.45) is -7.87. The SMILES string of the molecule is Nc1ccc(CC(N(CCN(CP(=O)(O)O)CP(=O)(O)O)CP(=O)(O)O)N(CP(=O)(O)O)CP(=O)(O)O)cc1. The van der Waals surface area contributed by atoms with Crippen molar-refractivity contribution < 1.29 is 71.8 Å². The lowest BCUT2D eigenvalue weighted by Crippen LogP contribution is -2.52. The highest BCUT2D eigenvalue weighted by atomic mass is 31.2. The second-order valence-electron chi connectivity index (χ2n) is 8.75. The number of hydrogen-bond acceptors (Lipinski definition) is 9. The molecule has 0 spiro atoms. The van der Waals surface area contributed by atoms with E-state index in [9.17, 15) is 71.8 Å². The van der Waals surface area contributed by atoms with Gasteiger partial charge in [-0.3, -0.25) is 37.5 Å². The number of benzene rings is 1. The third kappa shape index (κ3) is 17.9. The van der Waals surface area contributed by atoms with Gasteiger partial charge in [-0.2, -0.15) is 0 Å². The van der Waals surface area contributed by atoms with Crippen molar-refractivity contribution in [2.75, 3.05) is 50.3 Å². The quantitative estimate of drug-likeness (QED) is 0.0524. The molecule has 0 aliphatic rings. The van der Waals surface area contributed by atoms with Crippen LogP contribution in [-0.4, -0.2) is 114 Å². The van der Waals surface area contributed by atoms with E-state index in [2.05, 4.69) is 0 Å². The Morgan fingerprint density at radius 1 is 0.564 bits per heavy atom. The number of rotatable bonds is 17. The van der Waals surface area contributed by atoms with E-state index in [4.69, 9.17) is 5.73 Å². The number of anilines is 1. The molecule has 228 valence electrons. The largest absolute Gasteiger partial charge is 0.399 e. The first kappa shape index (κ1) is 36.7. The molecular formula is C15H33N4O15P5. The van der Waals surface area contributed by atoms with Gasteiger partial charge in [0.25, 0.3) is 0 Å². The average molecular weight is 664 g/mol. The zero-order chi connectivity index (χ0) is 30.4. The summed E-state index contributed by atoms with van der Waals surface area (Å²) in [4.78, 5) is 96.9. The van der Waals surface area contributed by atoms with Crippen LogP contribution >= 0.6 is 38.0 Å². The van der Waals surface area contributed by atoms with E-state index in [1.54, 1.807) is 0 Å². The van der Waals surface area contributed by atoms with E-state index < -0.39 is 88.7 Å². The van der Waals surface area contributed by atoms with Gasteiger partial charge in [-0.1, -0.05) is 12.1 Å². The smallest absolute Gasteiger partial charge is 0.339 e. The molecule has 0 aliphatic carbocycles. The van der Waals surface area contributed by atoms with Crippen LogP contribution in [0, 0.1) is 0 Å². The number of nitrogen functional groups attached to an aromatic ring is 1. The Kier molecular flexibility index (Phi) is 13.4. The maximum absolute atomic E-state index is 12.0. The summed E-state index contributed by atoms with van der Waals surface area (Å²) >= 11 is 0. The van der Waals surface area contributed by atoms with Crippen LogP contribution in [0.3, 0.4) is 0 Å². The van der Waals surface area contributed by atoms with Crippen LogP contribution in [0.1, 0.15) is 5.56 Å².